The van der Waals surface area contributed by atoms with E-state index in [4.69, 9.17) is 10.5 Å². The molecule has 1 fully saturated rings. The van der Waals surface area contributed by atoms with Crippen molar-refractivity contribution < 1.29 is 32.2 Å². The number of alkyl halides is 3. The number of thioether (sulfide) groups is 1. The van der Waals surface area contributed by atoms with Gasteiger partial charge in [0.25, 0.3) is 0 Å². The largest absolute Gasteiger partial charge is 0.497 e. The lowest BCUT2D eigenvalue weighted by Gasteiger charge is -2.20. The molecule has 0 bridgehead atoms. The van der Waals surface area contributed by atoms with Crippen molar-refractivity contribution in [2.45, 2.75) is 12.8 Å². The van der Waals surface area contributed by atoms with Crippen LogP contribution in [-0.2, 0) is 16.1 Å². The predicted molar refractivity (Wildman–Crippen MR) is 85.7 cm³/mol. The zero-order valence-electron chi connectivity index (χ0n) is 13.0. The number of nitrogens with two attached hydrogens (primary N) is 1. The summed E-state index contributed by atoms with van der Waals surface area (Å²) >= 11 is 0.996. The number of primary amides is 1. The molecule has 136 valence electrons. The Hall–Kier alpha value is -2.27. The molecular weight excluding hydrogens is 363 g/mol. The van der Waals surface area contributed by atoms with E-state index in [1.165, 1.54) is 25.3 Å². The van der Waals surface area contributed by atoms with Gasteiger partial charge in [-0.15, -0.1) is 0 Å². The van der Waals surface area contributed by atoms with Gasteiger partial charge in [0.05, 0.1) is 25.2 Å². The number of hydrogen-bond donors (Lipinski definition) is 1. The molecule has 0 aliphatic carbocycles. The topological polar surface area (TPSA) is 94.2 Å². The van der Waals surface area contributed by atoms with Gasteiger partial charge >= 0.3 is 12.2 Å². The predicted octanol–water partition coefficient (Wildman–Crippen LogP) is 2.29. The fourth-order valence-corrected chi connectivity index (χ4v) is 2.92. The number of amides is 3. The Morgan fingerprint density at radius 2 is 2.16 bits per heavy atom. The van der Waals surface area contributed by atoms with Gasteiger partial charge in [-0.25, -0.2) is 4.79 Å². The number of urea groups is 1. The molecule has 1 aromatic carbocycles. The first-order valence-electron chi connectivity index (χ1n) is 6.86. The molecule has 2 rings (SSSR count). The van der Waals surface area contributed by atoms with Crippen molar-refractivity contribution >= 4 is 34.6 Å². The first-order valence-corrected chi connectivity index (χ1v) is 7.85. The molecule has 1 aliphatic heterocycles. The third-order valence-electron chi connectivity index (χ3n) is 3.03. The van der Waals surface area contributed by atoms with E-state index in [0.717, 1.165) is 16.7 Å². The first kappa shape index (κ1) is 19.1. The highest BCUT2D eigenvalue weighted by Crippen LogP contribution is 2.33. The number of methoxy groups -OCH3 is 1. The van der Waals surface area contributed by atoms with Crippen LogP contribution in [0.5, 0.6) is 5.75 Å². The molecule has 0 atom stereocenters. The van der Waals surface area contributed by atoms with E-state index in [9.17, 15) is 22.8 Å². The number of carbonyl (C=O) groups is 2. The maximum Gasteiger partial charge on any atom is 0.411 e. The van der Waals surface area contributed by atoms with Gasteiger partial charge in [-0.2, -0.15) is 18.2 Å². The second-order valence-electron chi connectivity index (χ2n) is 4.85. The maximum atomic E-state index is 12.3. The molecule has 1 saturated heterocycles. The fourth-order valence-electron chi connectivity index (χ4n) is 2.05. The van der Waals surface area contributed by atoms with Crippen molar-refractivity contribution in [3.8, 4) is 5.75 Å². The number of amidine groups is 1. The Labute approximate surface area is 145 Å². The summed E-state index contributed by atoms with van der Waals surface area (Å²) < 4.78 is 46.5. The van der Waals surface area contributed by atoms with E-state index >= 15 is 0 Å². The van der Waals surface area contributed by atoms with Gasteiger partial charge in [0.2, 0.25) is 5.91 Å². The minimum absolute atomic E-state index is 0.0200. The minimum atomic E-state index is -4.47. The summed E-state index contributed by atoms with van der Waals surface area (Å²) in [6.45, 7) is -1.82. The van der Waals surface area contributed by atoms with E-state index in [1.807, 2.05) is 0 Å². The third kappa shape index (κ3) is 5.10. The normalized spacial score (nSPS) is 16.6. The number of benzene rings is 1. The Morgan fingerprint density at radius 1 is 1.44 bits per heavy atom. The lowest BCUT2D eigenvalue weighted by Crippen LogP contribution is -2.31. The Balaban J connectivity index is 2.36. The lowest BCUT2D eigenvalue weighted by atomic mass is 10.1. The molecule has 1 heterocycles. The highest BCUT2D eigenvalue weighted by atomic mass is 32.2. The van der Waals surface area contributed by atoms with Crippen LogP contribution in [0.15, 0.2) is 23.2 Å². The molecular formula is C14H14F3N3O4S. The first-order chi connectivity index (χ1) is 11.7. The monoisotopic (exact) mass is 377 g/mol. The van der Waals surface area contributed by atoms with Crippen LogP contribution in [-0.4, -0.2) is 42.8 Å². The molecule has 0 radical (unpaired) electrons. The molecule has 0 aromatic heterocycles. The number of carbonyl (C=O) groups excluding carboxylic acids is 2. The van der Waals surface area contributed by atoms with E-state index < -0.39 is 31.3 Å². The maximum absolute atomic E-state index is 12.3. The molecule has 25 heavy (non-hydrogen) atoms. The Bertz CT molecular complexity index is 709. The number of halogens is 3. The van der Waals surface area contributed by atoms with Crippen LogP contribution in [0.4, 0.5) is 23.7 Å². The van der Waals surface area contributed by atoms with Gasteiger partial charge < -0.3 is 15.2 Å². The minimum Gasteiger partial charge on any atom is -0.497 e. The van der Waals surface area contributed by atoms with Crippen LogP contribution in [0.3, 0.4) is 0 Å². The van der Waals surface area contributed by atoms with Crippen LogP contribution < -0.4 is 15.4 Å². The average Bonchev–Trinajstić information content (AvgIpc) is 2.86. The Morgan fingerprint density at radius 3 is 2.76 bits per heavy atom. The number of rotatable bonds is 5. The van der Waals surface area contributed by atoms with Gasteiger partial charge in [0.15, 0.2) is 5.17 Å². The number of aliphatic imine (C=N–C) groups is 1. The zero-order chi connectivity index (χ0) is 18.6. The van der Waals surface area contributed by atoms with Gasteiger partial charge in [0.1, 0.15) is 12.4 Å². The fraction of sp³-hybridized carbons (Fsp3) is 0.357. The molecule has 0 spiro atoms. The van der Waals surface area contributed by atoms with E-state index in [-0.39, 0.29) is 16.6 Å². The van der Waals surface area contributed by atoms with Gasteiger partial charge in [0, 0.05) is 11.6 Å². The number of ether oxygens (including phenoxy) is 2. The standard InChI is InChI=1S/C14H14F3N3O4S/c1-23-9-3-2-8(5-24-7-14(15,16)17)10(4-9)20-11(21)6-25-13(20)19-12(18)22/h2-4H,5-7H2,1H3,(H2,18,22). The molecule has 3 amide bonds. The summed E-state index contributed by atoms with van der Waals surface area (Å²) in [5, 5.41) is 0.0443. The van der Waals surface area contributed by atoms with Crippen LogP contribution in [0.2, 0.25) is 0 Å². The van der Waals surface area contributed by atoms with E-state index in [2.05, 4.69) is 9.73 Å². The molecule has 7 nitrogen and oxygen atoms in total. The van der Waals surface area contributed by atoms with Gasteiger partial charge in [-0.1, -0.05) is 17.8 Å². The van der Waals surface area contributed by atoms with E-state index in [1.54, 1.807) is 0 Å². The summed E-state index contributed by atoms with van der Waals surface area (Å²) in [6, 6.07) is 3.46. The van der Waals surface area contributed by atoms with Crippen LogP contribution in [0.1, 0.15) is 5.56 Å². The van der Waals surface area contributed by atoms with Crippen LogP contribution >= 0.6 is 11.8 Å². The van der Waals surface area contributed by atoms with Crippen molar-refractivity contribution in [1.82, 2.24) is 0 Å². The number of nitrogens with zero attached hydrogens (tertiary/aromatic N) is 2. The second-order valence-corrected chi connectivity index (χ2v) is 5.80. The number of hydrogen-bond acceptors (Lipinski definition) is 5. The smallest absolute Gasteiger partial charge is 0.411 e. The van der Waals surface area contributed by atoms with Crippen LogP contribution in [0, 0.1) is 0 Å². The van der Waals surface area contributed by atoms with Crippen LogP contribution in [0.25, 0.3) is 0 Å². The lowest BCUT2D eigenvalue weighted by molar-refractivity contribution is -0.176. The van der Waals surface area contributed by atoms with Gasteiger partial charge in [-0.05, 0) is 6.07 Å². The highest BCUT2D eigenvalue weighted by Gasteiger charge is 2.33. The van der Waals surface area contributed by atoms with E-state index in [0.29, 0.717) is 11.3 Å². The average molecular weight is 377 g/mol. The second kappa shape index (κ2) is 7.74. The van der Waals surface area contributed by atoms with Gasteiger partial charge in [-0.3, -0.25) is 9.69 Å². The summed E-state index contributed by atoms with van der Waals surface area (Å²) in [7, 11) is 1.40. The summed E-state index contributed by atoms with van der Waals surface area (Å²) in [5.41, 5.74) is 5.55. The molecule has 1 aromatic rings. The quantitative estimate of drug-likeness (QED) is 0.850. The highest BCUT2D eigenvalue weighted by molar-refractivity contribution is 8.15. The Kier molecular flexibility index (Phi) is 5.90. The molecule has 2 N–H and O–H groups in total. The third-order valence-corrected chi connectivity index (χ3v) is 3.95. The zero-order valence-corrected chi connectivity index (χ0v) is 13.8. The van der Waals surface area contributed by atoms with Crippen molar-refractivity contribution in [2.75, 3.05) is 24.4 Å². The summed E-state index contributed by atoms with van der Waals surface area (Å²) in [6.07, 6.45) is -4.47. The SMILES string of the molecule is COc1ccc(COCC(F)(F)F)c(N2C(=O)CSC2=NC(N)=O)c1. The summed E-state index contributed by atoms with van der Waals surface area (Å²) in [5.74, 6) is -0.000340. The van der Waals surface area contributed by atoms with Crippen molar-refractivity contribution in [3.63, 3.8) is 0 Å². The molecule has 0 saturated carbocycles. The molecule has 11 heteroatoms. The molecule has 0 unspecified atom stereocenters. The molecule has 1 aliphatic rings. The summed E-state index contributed by atoms with van der Waals surface area (Å²) in [4.78, 5) is 27.9. The number of anilines is 1. The van der Waals surface area contributed by atoms with Crippen molar-refractivity contribution in [1.29, 1.82) is 0 Å². The van der Waals surface area contributed by atoms with Crippen molar-refractivity contribution in [3.05, 3.63) is 23.8 Å². The van der Waals surface area contributed by atoms with Crippen molar-refractivity contribution in [2.24, 2.45) is 10.7 Å².